The van der Waals surface area contributed by atoms with Crippen molar-refractivity contribution in [3.63, 3.8) is 0 Å². The van der Waals surface area contributed by atoms with Crippen molar-refractivity contribution >= 4 is 11.9 Å². The zero-order chi connectivity index (χ0) is 8.69. The lowest BCUT2D eigenvalue weighted by molar-refractivity contribution is -0.142. The van der Waals surface area contributed by atoms with Gasteiger partial charge in [-0.3, -0.25) is 9.59 Å². The molecule has 0 aliphatic carbocycles. The van der Waals surface area contributed by atoms with E-state index < -0.39 is 0 Å². The summed E-state index contributed by atoms with van der Waals surface area (Å²) in [7, 11) is 0. The third kappa shape index (κ3) is 6.83. The van der Waals surface area contributed by atoms with Crippen LogP contribution in [0.15, 0.2) is 0 Å². The van der Waals surface area contributed by atoms with Gasteiger partial charge < -0.3 is 10.1 Å². The van der Waals surface area contributed by atoms with Crippen LogP contribution in [0.1, 0.15) is 13.3 Å². The fourth-order valence-electron chi connectivity index (χ4n) is 0.537. The molecule has 0 fully saturated rings. The van der Waals surface area contributed by atoms with Crippen LogP contribution in [-0.4, -0.2) is 25.0 Å². The van der Waals surface area contributed by atoms with Crippen molar-refractivity contribution in [2.75, 3.05) is 13.2 Å². The lowest BCUT2D eigenvalue weighted by Gasteiger charge is -2.01. The van der Waals surface area contributed by atoms with E-state index in [0.717, 1.165) is 0 Å². The molecule has 0 aromatic carbocycles. The first-order chi connectivity index (χ1) is 5.16. The SMILES string of the molecule is [CH2]C(=O)NCCC(=O)OCC. The Kier molecular flexibility index (Phi) is 5.15. The van der Waals surface area contributed by atoms with E-state index in [1.165, 1.54) is 0 Å². The van der Waals surface area contributed by atoms with Crippen molar-refractivity contribution in [1.29, 1.82) is 0 Å². The molecule has 0 aromatic heterocycles. The number of carbonyl (C=O) groups is 2. The predicted octanol–water partition coefficient (Wildman–Crippen LogP) is -0.110. The van der Waals surface area contributed by atoms with Gasteiger partial charge in [-0.1, -0.05) is 0 Å². The van der Waals surface area contributed by atoms with Crippen molar-refractivity contribution in [2.45, 2.75) is 13.3 Å². The highest BCUT2D eigenvalue weighted by Crippen LogP contribution is 1.83. The first kappa shape index (κ1) is 9.94. The Hall–Kier alpha value is -1.06. The van der Waals surface area contributed by atoms with Crippen molar-refractivity contribution in [1.82, 2.24) is 5.32 Å². The summed E-state index contributed by atoms with van der Waals surface area (Å²) in [6.45, 7) is 5.48. The van der Waals surface area contributed by atoms with Crippen LogP contribution in [0.4, 0.5) is 0 Å². The standard InChI is InChI=1S/C7H12NO3/c1-3-11-7(10)4-5-8-6(2)9/h2-5H2,1H3,(H,8,9). The lowest BCUT2D eigenvalue weighted by Crippen LogP contribution is -2.23. The molecule has 0 heterocycles. The van der Waals surface area contributed by atoms with E-state index in [1.54, 1.807) is 6.92 Å². The summed E-state index contributed by atoms with van der Waals surface area (Å²) < 4.78 is 4.61. The molecule has 63 valence electrons. The number of nitrogens with one attached hydrogen (secondary N) is 1. The van der Waals surface area contributed by atoms with Gasteiger partial charge in [0.1, 0.15) is 0 Å². The summed E-state index contributed by atoms with van der Waals surface area (Å²) in [5.74, 6) is -0.685. The van der Waals surface area contributed by atoms with E-state index in [1.807, 2.05) is 0 Å². The van der Waals surface area contributed by atoms with Gasteiger partial charge in [0, 0.05) is 13.5 Å². The number of rotatable bonds is 4. The highest BCUT2D eigenvalue weighted by Gasteiger charge is 2.00. The number of hydrogen-bond donors (Lipinski definition) is 1. The maximum atomic E-state index is 10.6. The second-order valence-corrected chi connectivity index (χ2v) is 1.90. The summed E-state index contributed by atoms with van der Waals surface area (Å²) in [4.78, 5) is 20.8. The van der Waals surface area contributed by atoms with Crippen molar-refractivity contribution in [2.24, 2.45) is 0 Å². The van der Waals surface area contributed by atoms with Crippen LogP contribution in [0.5, 0.6) is 0 Å². The summed E-state index contributed by atoms with van der Waals surface area (Å²) in [6.07, 6.45) is 0.203. The fourth-order valence-corrected chi connectivity index (χ4v) is 0.537. The number of ether oxygens (including phenoxy) is 1. The minimum Gasteiger partial charge on any atom is -0.466 e. The van der Waals surface area contributed by atoms with Crippen molar-refractivity contribution < 1.29 is 14.3 Å². The first-order valence-corrected chi connectivity index (χ1v) is 3.42. The largest absolute Gasteiger partial charge is 0.466 e. The van der Waals surface area contributed by atoms with Crippen LogP contribution in [-0.2, 0) is 14.3 Å². The van der Waals surface area contributed by atoms with Crippen LogP contribution >= 0.6 is 0 Å². The molecule has 0 saturated heterocycles. The summed E-state index contributed by atoms with van der Waals surface area (Å²) in [5, 5.41) is 2.38. The Morgan fingerprint density at radius 3 is 2.64 bits per heavy atom. The monoisotopic (exact) mass is 158 g/mol. The minimum absolute atomic E-state index is 0.203. The van der Waals surface area contributed by atoms with Crippen LogP contribution in [0.2, 0.25) is 0 Å². The Morgan fingerprint density at radius 2 is 2.18 bits per heavy atom. The third-order valence-corrected chi connectivity index (χ3v) is 0.957. The molecule has 0 spiro atoms. The van der Waals surface area contributed by atoms with Crippen molar-refractivity contribution in [3.8, 4) is 0 Å². The zero-order valence-electron chi connectivity index (χ0n) is 6.55. The van der Waals surface area contributed by atoms with Crippen LogP contribution in [0, 0.1) is 6.92 Å². The second kappa shape index (κ2) is 5.70. The smallest absolute Gasteiger partial charge is 0.307 e. The zero-order valence-corrected chi connectivity index (χ0v) is 6.55. The van der Waals surface area contributed by atoms with Crippen LogP contribution in [0.25, 0.3) is 0 Å². The van der Waals surface area contributed by atoms with Crippen LogP contribution in [0.3, 0.4) is 0 Å². The number of esters is 1. The number of hydrogen-bond acceptors (Lipinski definition) is 3. The lowest BCUT2D eigenvalue weighted by atomic mass is 10.4. The molecule has 0 rings (SSSR count). The van der Waals surface area contributed by atoms with E-state index in [-0.39, 0.29) is 18.3 Å². The van der Waals surface area contributed by atoms with Gasteiger partial charge in [-0.25, -0.2) is 0 Å². The molecule has 0 saturated carbocycles. The van der Waals surface area contributed by atoms with Crippen molar-refractivity contribution in [3.05, 3.63) is 6.92 Å². The topological polar surface area (TPSA) is 55.4 Å². The Morgan fingerprint density at radius 1 is 1.55 bits per heavy atom. The average Bonchev–Trinajstić information content (AvgIpc) is 1.87. The molecule has 11 heavy (non-hydrogen) atoms. The van der Waals surface area contributed by atoms with Gasteiger partial charge in [0.2, 0.25) is 5.91 Å². The normalized spacial score (nSPS) is 8.91. The van der Waals surface area contributed by atoms with Gasteiger partial charge >= 0.3 is 5.97 Å². The number of carbonyl (C=O) groups excluding carboxylic acids is 2. The van der Waals surface area contributed by atoms with Gasteiger partial charge in [-0.15, -0.1) is 0 Å². The molecule has 0 aromatic rings. The molecule has 4 heteroatoms. The molecule has 0 unspecified atom stereocenters. The molecule has 1 amide bonds. The maximum Gasteiger partial charge on any atom is 0.307 e. The quantitative estimate of drug-likeness (QED) is 0.581. The van der Waals surface area contributed by atoms with Gasteiger partial charge in [0.25, 0.3) is 0 Å². The minimum atomic E-state index is -0.380. The highest BCUT2D eigenvalue weighted by molar-refractivity contribution is 5.80. The summed E-state index contributed by atoms with van der Waals surface area (Å²) in [5.41, 5.74) is 0. The van der Waals surface area contributed by atoms with E-state index in [9.17, 15) is 9.59 Å². The summed E-state index contributed by atoms with van der Waals surface area (Å²) in [6, 6.07) is 0. The Balaban J connectivity index is 3.24. The molecule has 1 N–H and O–H groups in total. The fraction of sp³-hybridized carbons (Fsp3) is 0.571. The molecule has 4 nitrogen and oxygen atoms in total. The molecule has 0 bridgehead atoms. The first-order valence-electron chi connectivity index (χ1n) is 3.42. The Labute approximate surface area is 65.9 Å². The highest BCUT2D eigenvalue weighted by atomic mass is 16.5. The van der Waals surface area contributed by atoms with Gasteiger partial charge in [0.05, 0.1) is 13.0 Å². The average molecular weight is 158 g/mol. The van der Waals surface area contributed by atoms with E-state index in [4.69, 9.17) is 0 Å². The summed E-state index contributed by atoms with van der Waals surface area (Å²) >= 11 is 0. The Bertz CT molecular complexity index is 145. The second-order valence-electron chi connectivity index (χ2n) is 1.90. The molecule has 0 atom stereocenters. The molecular weight excluding hydrogens is 146 g/mol. The van der Waals surface area contributed by atoms with Crippen LogP contribution < -0.4 is 5.32 Å². The van der Waals surface area contributed by atoms with E-state index >= 15 is 0 Å². The maximum absolute atomic E-state index is 10.6. The van der Waals surface area contributed by atoms with E-state index in [2.05, 4.69) is 17.0 Å². The number of amides is 1. The molecule has 0 aliphatic rings. The molecule has 0 aliphatic heterocycles. The molecule has 1 radical (unpaired) electrons. The van der Waals surface area contributed by atoms with Gasteiger partial charge in [0.15, 0.2) is 0 Å². The molecular formula is C7H12NO3. The van der Waals surface area contributed by atoms with E-state index in [0.29, 0.717) is 13.2 Å². The predicted molar refractivity (Wildman–Crippen MR) is 39.6 cm³/mol. The third-order valence-electron chi connectivity index (χ3n) is 0.957. The van der Waals surface area contributed by atoms with Gasteiger partial charge in [-0.2, -0.15) is 0 Å². The van der Waals surface area contributed by atoms with Gasteiger partial charge in [-0.05, 0) is 6.92 Å².